The van der Waals surface area contributed by atoms with Crippen LogP contribution in [0.2, 0.25) is 0 Å². The molecule has 4 heteroatoms. The van der Waals surface area contributed by atoms with E-state index in [1.54, 1.807) is 12.1 Å². The molecular formula is C19H16ClNO2. The highest BCUT2D eigenvalue weighted by atomic mass is 35.5. The molecule has 23 heavy (non-hydrogen) atoms. The number of carbonyl (C=O) groups is 2. The minimum absolute atomic E-state index is 0.0264. The van der Waals surface area contributed by atoms with E-state index in [-0.39, 0.29) is 16.5 Å². The van der Waals surface area contributed by atoms with E-state index in [2.05, 4.69) is 0 Å². The Hall–Kier alpha value is -2.39. The smallest absolute Gasteiger partial charge is 0.268 e. The Balaban J connectivity index is 2.10. The van der Waals surface area contributed by atoms with Crippen molar-refractivity contribution in [3.05, 3.63) is 69.8 Å². The topological polar surface area (TPSA) is 37.4 Å². The molecule has 1 heterocycles. The molecule has 1 aliphatic heterocycles. The van der Waals surface area contributed by atoms with Crippen LogP contribution in [0.25, 0.3) is 5.57 Å². The molecule has 0 aromatic heterocycles. The SMILES string of the molecule is Cc1ccc(C2=C(Cl)C(=O)N(c3ccccc3C)C2=O)cc1C. The molecule has 3 rings (SSSR count). The lowest BCUT2D eigenvalue weighted by Gasteiger charge is -2.17. The summed E-state index contributed by atoms with van der Waals surface area (Å²) in [6.45, 7) is 5.82. The van der Waals surface area contributed by atoms with Gasteiger partial charge in [0.15, 0.2) is 0 Å². The minimum Gasteiger partial charge on any atom is -0.268 e. The average Bonchev–Trinajstić information content (AvgIpc) is 2.73. The fourth-order valence-corrected chi connectivity index (χ4v) is 2.96. The molecule has 2 aromatic carbocycles. The van der Waals surface area contributed by atoms with E-state index >= 15 is 0 Å². The molecule has 116 valence electrons. The third-order valence-corrected chi connectivity index (χ3v) is 4.53. The maximum atomic E-state index is 12.8. The number of benzene rings is 2. The Morgan fingerprint density at radius 2 is 1.52 bits per heavy atom. The standard InChI is InChI=1S/C19H16ClNO2/c1-11-8-9-14(10-13(11)3)16-17(20)19(23)21(18(16)22)15-7-5-4-6-12(15)2/h4-10H,1-3H3. The summed E-state index contributed by atoms with van der Waals surface area (Å²) in [4.78, 5) is 26.5. The summed E-state index contributed by atoms with van der Waals surface area (Å²) >= 11 is 6.21. The summed E-state index contributed by atoms with van der Waals surface area (Å²) in [5, 5.41) is -0.0264. The van der Waals surface area contributed by atoms with Crippen LogP contribution in [0.5, 0.6) is 0 Å². The number of hydrogen-bond donors (Lipinski definition) is 0. The molecule has 0 unspecified atom stereocenters. The van der Waals surface area contributed by atoms with Gasteiger partial charge in [-0.1, -0.05) is 48.0 Å². The number of para-hydroxylation sites is 1. The number of anilines is 1. The number of nitrogens with zero attached hydrogens (tertiary/aromatic N) is 1. The normalized spacial score (nSPS) is 14.9. The second-order valence-electron chi connectivity index (χ2n) is 5.72. The number of rotatable bonds is 2. The first kappa shape index (κ1) is 15.5. The zero-order valence-electron chi connectivity index (χ0n) is 13.2. The van der Waals surface area contributed by atoms with Gasteiger partial charge in [0.1, 0.15) is 5.03 Å². The van der Waals surface area contributed by atoms with Crippen molar-refractivity contribution in [2.45, 2.75) is 20.8 Å². The lowest BCUT2D eigenvalue weighted by atomic mass is 10.0. The van der Waals surface area contributed by atoms with Gasteiger partial charge in [-0.25, -0.2) is 4.90 Å². The molecule has 0 saturated heterocycles. The fourth-order valence-electron chi connectivity index (χ4n) is 2.68. The molecule has 0 radical (unpaired) electrons. The maximum absolute atomic E-state index is 12.8. The molecule has 1 aliphatic rings. The molecule has 0 fully saturated rings. The molecule has 0 bridgehead atoms. The van der Waals surface area contributed by atoms with E-state index in [1.165, 1.54) is 0 Å². The summed E-state index contributed by atoms with van der Waals surface area (Å²) in [5.41, 5.74) is 4.53. The summed E-state index contributed by atoms with van der Waals surface area (Å²) in [5.74, 6) is -0.850. The Kier molecular flexibility index (Phi) is 3.82. The van der Waals surface area contributed by atoms with Crippen LogP contribution in [-0.4, -0.2) is 11.8 Å². The van der Waals surface area contributed by atoms with Crippen LogP contribution < -0.4 is 4.90 Å². The van der Waals surface area contributed by atoms with Crippen molar-refractivity contribution >= 4 is 34.7 Å². The molecule has 2 aromatic rings. The van der Waals surface area contributed by atoms with Crippen molar-refractivity contribution < 1.29 is 9.59 Å². The predicted molar refractivity (Wildman–Crippen MR) is 92.4 cm³/mol. The van der Waals surface area contributed by atoms with Crippen LogP contribution in [0.3, 0.4) is 0 Å². The Bertz CT molecular complexity index is 867. The highest BCUT2D eigenvalue weighted by Crippen LogP contribution is 2.36. The van der Waals surface area contributed by atoms with Crippen molar-refractivity contribution in [3.8, 4) is 0 Å². The van der Waals surface area contributed by atoms with Crippen LogP contribution in [0.15, 0.2) is 47.5 Å². The Morgan fingerprint density at radius 3 is 2.17 bits per heavy atom. The lowest BCUT2D eigenvalue weighted by Crippen LogP contribution is -2.31. The number of amides is 2. The molecule has 0 N–H and O–H groups in total. The Labute approximate surface area is 140 Å². The molecule has 2 amide bonds. The molecule has 3 nitrogen and oxygen atoms in total. The van der Waals surface area contributed by atoms with Gasteiger partial charge in [-0.2, -0.15) is 0 Å². The molecule has 0 atom stereocenters. The Morgan fingerprint density at radius 1 is 0.826 bits per heavy atom. The maximum Gasteiger partial charge on any atom is 0.277 e. The number of hydrogen-bond acceptors (Lipinski definition) is 2. The first-order valence-electron chi connectivity index (χ1n) is 7.33. The van der Waals surface area contributed by atoms with Gasteiger partial charge in [-0.15, -0.1) is 0 Å². The average molecular weight is 326 g/mol. The van der Waals surface area contributed by atoms with Gasteiger partial charge in [-0.05, 0) is 49.1 Å². The zero-order valence-corrected chi connectivity index (χ0v) is 13.9. The molecular weight excluding hydrogens is 310 g/mol. The number of carbonyl (C=O) groups excluding carboxylic acids is 2. The highest BCUT2D eigenvalue weighted by Gasteiger charge is 2.39. The largest absolute Gasteiger partial charge is 0.277 e. The number of halogens is 1. The van der Waals surface area contributed by atoms with Crippen LogP contribution in [-0.2, 0) is 9.59 Å². The van der Waals surface area contributed by atoms with E-state index in [0.29, 0.717) is 11.3 Å². The van der Waals surface area contributed by atoms with Crippen molar-refractivity contribution in [1.29, 1.82) is 0 Å². The summed E-state index contributed by atoms with van der Waals surface area (Å²) < 4.78 is 0. The van der Waals surface area contributed by atoms with Gasteiger partial charge in [0, 0.05) is 0 Å². The van der Waals surface area contributed by atoms with Crippen LogP contribution in [0, 0.1) is 20.8 Å². The van der Waals surface area contributed by atoms with E-state index < -0.39 is 5.91 Å². The third-order valence-electron chi connectivity index (χ3n) is 4.18. The van der Waals surface area contributed by atoms with Crippen LogP contribution >= 0.6 is 11.6 Å². The third kappa shape index (κ3) is 2.47. The first-order valence-corrected chi connectivity index (χ1v) is 7.71. The zero-order chi connectivity index (χ0) is 16.7. The fraction of sp³-hybridized carbons (Fsp3) is 0.158. The molecule has 0 aliphatic carbocycles. The van der Waals surface area contributed by atoms with E-state index in [1.807, 2.05) is 51.1 Å². The summed E-state index contributed by atoms with van der Waals surface area (Å²) in [6.07, 6.45) is 0. The number of imide groups is 1. The monoisotopic (exact) mass is 325 g/mol. The van der Waals surface area contributed by atoms with Crippen molar-refractivity contribution in [2.75, 3.05) is 4.90 Å². The van der Waals surface area contributed by atoms with Gasteiger partial charge in [0.25, 0.3) is 11.8 Å². The summed E-state index contributed by atoms with van der Waals surface area (Å²) in [7, 11) is 0. The van der Waals surface area contributed by atoms with Gasteiger partial charge in [-0.3, -0.25) is 9.59 Å². The van der Waals surface area contributed by atoms with E-state index in [4.69, 9.17) is 11.6 Å². The predicted octanol–water partition coefficient (Wildman–Crippen LogP) is 4.14. The van der Waals surface area contributed by atoms with Gasteiger partial charge in [0.05, 0.1) is 11.3 Å². The van der Waals surface area contributed by atoms with E-state index in [0.717, 1.165) is 21.6 Å². The first-order chi connectivity index (χ1) is 10.9. The van der Waals surface area contributed by atoms with Crippen molar-refractivity contribution in [3.63, 3.8) is 0 Å². The summed E-state index contributed by atoms with van der Waals surface area (Å²) in [6, 6.07) is 12.9. The van der Waals surface area contributed by atoms with Crippen molar-refractivity contribution in [2.24, 2.45) is 0 Å². The van der Waals surface area contributed by atoms with Crippen LogP contribution in [0.4, 0.5) is 5.69 Å². The quantitative estimate of drug-likeness (QED) is 0.778. The van der Waals surface area contributed by atoms with Gasteiger partial charge >= 0.3 is 0 Å². The minimum atomic E-state index is -0.473. The second-order valence-corrected chi connectivity index (χ2v) is 6.10. The van der Waals surface area contributed by atoms with Crippen molar-refractivity contribution in [1.82, 2.24) is 0 Å². The van der Waals surface area contributed by atoms with E-state index in [9.17, 15) is 9.59 Å². The van der Waals surface area contributed by atoms with Crippen LogP contribution in [0.1, 0.15) is 22.3 Å². The molecule has 0 spiro atoms. The second kappa shape index (κ2) is 5.67. The van der Waals surface area contributed by atoms with Gasteiger partial charge < -0.3 is 0 Å². The highest BCUT2D eigenvalue weighted by molar-refractivity contribution is 6.60. The lowest BCUT2D eigenvalue weighted by molar-refractivity contribution is -0.119. The number of aryl methyl sites for hydroxylation is 3. The van der Waals surface area contributed by atoms with Gasteiger partial charge in [0.2, 0.25) is 0 Å². The molecule has 0 saturated carbocycles.